The lowest BCUT2D eigenvalue weighted by atomic mass is 9.97. The van der Waals surface area contributed by atoms with Crippen LogP contribution in [-0.2, 0) is 11.3 Å². The molecule has 7 nitrogen and oxygen atoms in total. The molecule has 2 amide bonds. The molecule has 1 aliphatic carbocycles. The molecule has 1 atom stereocenters. The molecule has 1 unspecified atom stereocenters. The van der Waals surface area contributed by atoms with Crippen molar-refractivity contribution in [3.8, 4) is 0 Å². The number of pyridine rings is 1. The number of hydrogen-bond donors (Lipinski definition) is 1. The number of amides is 2. The Balaban J connectivity index is 1.37. The minimum atomic E-state index is -0.202. The first kappa shape index (κ1) is 18.5. The number of nitrogens with one attached hydrogen (secondary N) is 1. The number of rotatable bonds is 6. The molecular weight excluding hydrogens is 358 g/mol. The van der Waals surface area contributed by atoms with Gasteiger partial charge in [0.25, 0.3) is 11.5 Å². The van der Waals surface area contributed by atoms with Crippen LogP contribution in [0.4, 0.5) is 0 Å². The van der Waals surface area contributed by atoms with Gasteiger partial charge in [0.15, 0.2) is 5.76 Å². The third-order valence-electron chi connectivity index (χ3n) is 5.44. The molecule has 2 aromatic rings. The van der Waals surface area contributed by atoms with Gasteiger partial charge < -0.3 is 19.2 Å². The first-order chi connectivity index (χ1) is 13.6. The minimum absolute atomic E-state index is 0.0491. The second-order valence-electron chi connectivity index (χ2n) is 7.71. The normalized spacial score (nSPS) is 19.4. The quantitative estimate of drug-likeness (QED) is 0.825. The van der Waals surface area contributed by atoms with Crippen molar-refractivity contribution >= 4 is 11.8 Å². The van der Waals surface area contributed by atoms with Crippen LogP contribution < -0.4 is 10.9 Å². The van der Waals surface area contributed by atoms with E-state index in [2.05, 4.69) is 5.32 Å². The average molecular weight is 383 g/mol. The molecule has 148 valence electrons. The molecule has 1 aliphatic heterocycles. The molecule has 1 N–H and O–H groups in total. The Kier molecular flexibility index (Phi) is 5.32. The van der Waals surface area contributed by atoms with Gasteiger partial charge in [-0.2, -0.15) is 0 Å². The summed E-state index contributed by atoms with van der Waals surface area (Å²) in [5.74, 6) is 1.13. The standard InChI is InChI=1S/C21H25N3O4/c25-19-5-1-2-10-23(19)14-17-8-9-18(28-17)21(27)24-11-3-4-16(13-24)20(26)22-12-15-6-7-15/h1-2,5,8-10,15-16H,3-4,6-7,11-14H2,(H,22,26). The van der Waals surface area contributed by atoms with Crippen LogP contribution in [0.15, 0.2) is 45.7 Å². The lowest BCUT2D eigenvalue weighted by Gasteiger charge is -2.31. The van der Waals surface area contributed by atoms with Gasteiger partial charge in [-0.25, -0.2) is 0 Å². The van der Waals surface area contributed by atoms with Crippen molar-refractivity contribution in [2.45, 2.75) is 32.2 Å². The summed E-state index contributed by atoms with van der Waals surface area (Å²) in [4.78, 5) is 38.7. The van der Waals surface area contributed by atoms with Crippen molar-refractivity contribution in [3.63, 3.8) is 0 Å². The van der Waals surface area contributed by atoms with Crippen LogP contribution in [0.2, 0.25) is 0 Å². The second-order valence-corrected chi connectivity index (χ2v) is 7.71. The number of carbonyl (C=O) groups is 2. The van der Waals surface area contributed by atoms with E-state index in [0.717, 1.165) is 19.4 Å². The molecule has 7 heteroatoms. The van der Waals surface area contributed by atoms with Crippen molar-refractivity contribution < 1.29 is 14.0 Å². The maximum atomic E-state index is 12.8. The highest BCUT2D eigenvalue weighted by atomic mass is 16.4. The molecule has 1 saturated heterocycles. The number of aromatic nitrogens is 1. The molecule has 2 aromatic heterocycles. The zero-order valence-electron chi connectivity index (χ0n) is 15.8. The molecule has 4 rings (SSSR count). The summed E-state index contributed by atoms with van der Waals surface area (Å²) in [7, 11) is 0. The van der Waals surface area contributed by atoms with Crippen LogP contribution in [0.5, 0.6) is 0 Å². The molecule has 2 fully saturated rings. The largest absolute Gasteiger partial charge is 0.454 e. The van der Waals surface area contributed by atoms with Gasteiger partial charge in [0.1, 0.15) is 5.76 Å². The van der Waals surface area contributed by atoms with Crippen LogP contribution in [0, 0.1) is 11.8 Å². The summed E-state index contributed by atoms with van der Waals surface area (Å²) in [5, 5.41) is 3.02. The Morgan fingerprint density at radius 2 is 2.00 bits per heavy atom. The molecule has 0 bridgehead atoms. The highest BCUT2D eigenvalue weighted by Gasteiger charge is 2.31. The maximum absolute atomic E-state index is 12.8. The van der Waals surface area contributed by atoms with Crippen LogP contribution in [0.25, 0.3) is 0 Å². The van der Waals surface area contributed by atoms with E-state index < -0.39 is 0 Å². The van der Waals surface area contributed by atoms with Crippen molar-refractivity contribution in [3.05, 3.63) is 58.4 Å². The van der Waals surface area contributed by atoms with E-state index in [1.807, 2.05) is 0 Å². The van der Waals surface area contributed by atoms with Crippen LogP contribution >= 0.6 is 0 Å². The van der Waals surface area contributed by atoms with Crippen molar-refractivity contribution in [1.82, 2.24) is 14.8 Å². The van der Waals surface area contributed by atoms with Crippen LogP contribution in [-0.4, -0.2) is 40.9 Å². The van der Waals surface area contributed by atoms with Crippen molar-refractivity contribution in [1.29, 1.82) is 0 Å². The van der Waals surface area contributed by atoms with Crippen LogP contribution in [0.3, 0.4) is 0 Å². The molecular formula is C21H25N3O4. The fraction of sp³-hybridized carbons (Fsp3) is 0.476. The van der Waals surface area contributed by atoms with Gasteiger partial charge in [-0.15, -0.1) is 0 Å². The number of nitrogens with zero attached hydrogens (tertiary/aromatic N) is 2. The maximum Gasteiger partial charge on any atom is 0.289 e. The fourth-order valence-electron chi connectivity index (χ4n) is 3.58. The summed E-state index contributed by atoms with van der Waals surface area (Å²) >= 11 is 0. The Morgan fingerprint density at radius 1 is 1.14 bits per heavy atom. The number of hydrogen-bond acceptors (Lipinski definition) is 4. The number of furan rings is 1. The van der Waals surface area contributed by atoms with Crippen molar-refractivity contribution in [2.75, 3.05) is 19.6 Å². The third kappa shape index (κ3) is 4.35. The summed E-state index contributed by atoms with van der Waals surface area (Å²) < 4.78 is 7.21. The van der Waals surface area contributed by atoms with Gasteiger partial charge in [-0.3, -0.25) is 14.4 Å². The van der Waals surface area contributed by atoms with Crippen molar-refractivity contribution in [2.24, 2.45) is 11.8 Å². The molecule has 1 saturated carbocycles. The lowest BCUT2D eigenvalue weighted by molar-refractivity contribution is -0.126. The first-order valence-electron chi connectivity index (χ1n) is 9.91. The van der Waals surface area contributed by atoms with E-state index in [1.54, 1.807) is 35.4 Å². The average Bonchev–Trinajstić information content (AvgIpc) is 3.44. The molecule has 28 heavy (non-hydrogen) atoms. The van der Waals surface area contributed by atoms with Crippen LogP contribution in [0.1, 0.15) is 42.0 Å². The van der Waals surface area contributed by atoms with E-state index in [1.165, 1.54) is 23.5 Å². The summed E-state index contributed by atoms with van der Waals surface area (Å²) in [6, 6.07) is 8.30. The first-order valence-corrected chi connectivity index (χ1v) is 9.91. The lowest BCUT2D eigenvalue weighted by Crippen LogP contribution is -2.45. The Morgan fingerprint density at radius 3 is 2.79 bits per heavy atom. The number of likely N-dealkylation sites (tertiary alicyclic amines) is 1. The highest BCUT2D eigenvalue weighted by molar-refractivity contribution is 5.92. The van der Waals surface area contributed by atoms with E-state index in [4.69, 9.17) is 4.42 Å². The van der Waals surface area contributed by atoms with Gasteiger partial charge in [-0.1, -0.05) is 6.07 Å². The SMILES string of the molecule is O=C(NCC1CC1)C1CCCN(C(=O)c2ccc(Cn3ccccc3=O)o2)C1. The molecule has 2 aliphatic rings. The van der Waals surface area contributed by atoms with Gasteiger partial charge in [0, 0.05) is 31.9 Å². The topological polar surface area (TPSA) is 84.5 Å². The number of carbonyl (C=O) groups excluding carboxylic acids is 2. The smallest absolute Gasteiger partial charge is 0.289 e. The summed E-state index contributed by atoms with van der Waals surface area (Å²) in [5.41, 5.74) is -0.122. The molecule has 0 radical (unpaired) electrons. The third-order valence-corrected chi connectivity index (χ3v) is 5.44. The van der Waals surface area contributed by atoms with Gasteiger partial charge >= 0.3 is 0 Å². The summed E-state index contributed by atoms with van der Waals surface area (Å²) in [6.07, 6.45) is 5.69. The van der Waals surface area contributed by atoms with E-state index in [0.29, 0.717) is 24.8 Å². The zero-order chi connectivity index (χ0) is 19.5. The Bertz CT molecular complexity index is 912. The molecule has 3 heterocycles. The van der Waals surface area contributed by atoms with Gasteiger partial charge in [-0.05, 0) is 49.8 Å². The predicted octanol–water partition coefficient (Wildman–Crippen LogP) is 1.87. The van der Waals surface area contributed by atoms with E-state index in [9.17, 15) is 14.4 Å². The Hall–Kier alpha value is -2.83. The Labute approximate surface area is 163 Å². The predicted molar refractivity (Wildman–Crippen MR) is 103 cm³/mol. The molecule has 0 spiro atoms. The van der Waals surface area contributed by atoms with E-state index in [-0.39, 0.29) is 35.6 Å². The van der Waals surface area contributed by atoms with Gasteiger partial charge in [0.2, 0.25) is 5.91 Å². The zero-order valence-corrected chi connectivity index (χ0v) is 15.8. The van der Waals surface area contributed by atoms with E-state index >= 15 is 0 Å². The summed E-state index contributed by atoms with van der Waals surface area (Å²) in [6.45, 7) is 2.08. The highest BCUT2D eigenvalue weighted by Crippen LogP contribution is 2.28. The fourth-order valence-corrected chi connectivity index (χ4v) is 3.58. The monoisotopic (exact) mass is 383 g/mol. The molecule has 0 aromatic carbocycles. The number of piperidine rings is 1. The second kappa shape index (κ2) is 8.04. The minimum Gasteiger partial charge on any atom is -0.454 e. The van der Waals surface area contributed by atoms with Gasteiger partial charge in [0.05, 0.1) is 12.5 Å².